The average Bonchev–Trinajstić information content (AvgIpc) is 3.15. The van der Waals surface area contributed by atoms with E-state index >= 15 is 0 Å². The third-order valence-electron chi connectivity index (χ3n) is 4.89. The van der Waals surface area contributed by atoms with Gasteiger partial charge in [0.05, 0.1) is 6.61 Å². The highest BCUT2D eigenvalue weighted by molar-refractivity contribution is 5.88. The maximum absolute atomic E-state index is 12.6. The summed E-state index contributed by atoms with van der Waals surface area (Å²) in [5.41, 5.74) is 1.14. The molecule has 2 aliphatic heterocycles. The molecule has 2 heterocycles. The molecule has 3 atom stereocenters. The fourth-order valence-electron chi connectivity index (χ4n) is 3.57. The number of hydrogen-bond acceptors (Lipinski definition) is 3. The summed E-state index contributed by atoms with van der Waals surface area (Å²) >= 11 is 0. The van der Waals surface area contributed by atoms with Crippen molar-refractivity contribution in [3.05, 3.63) is 29.8 Å². The molecule has 2 amide bonds. The highest BCUT2D eigenvalue weighted by atomic mass is 16.5. The zero-order valence-corrected chi connectivity index (χ0v) is 13.7. The van der Waals surface area contributed by atoms with E-state index in [0.29, 0.717) is 26.0 Å². The van der Waals surface area contributed by atoms with Crippen LogP contribution in [0.5, 0.6) is 5.75 Å². The van der Waals surface area contributed by atoms with Gasteiger partial charge >= 0.3 is 0 Å². The van der Waals surface area contributed by atoms with Gasteiger partial charge in [-0.15, -0.1) is 0 Å². The van der Waals surface area contributed by atoms with Gasteiger partial charge in [0.1, 0.15) is 11.8 Å². The molecule has 1 fully saturated rings. The van der Waals surface area contributed by atoms with Crippen molar-refractivity contribution < 1.29 is 14.3 Å². The number of benzene rings is 1. The van der Waals surface area contributed by atoms with E-state index in [2.05, 4.69) is 11.4 Å². The number of ether oxygens (including phenoxy) is 1. The second kappa shape index (κ2) is 6.60. The molecule has 0 radical (unpaired) electrons. The fraction of sp³-hybridized carbons (Fsp3) is 0.556. The van der Waals surface area contributed by atoms with E-state index in [-0.39, 0.29) is 29.8 Å². The molecule has 2 aliphatic rings. The van der Waals surface area contributed by atoms with Crippen LogP contribution in [0.1, 0.15) is 44.6 Å². The van der Waals surface area contributed by atoms with Gasteiger partial charge in [0.2, 0.25) is 11.8 Å². The normalized spacial score (nSPS) is 22.4. The quantitative estimate of drug-likeness (QED) is 0.905. The Labute approximate surface area is 137 Å². The van der Waals surface area contributed by atoms with Gasteiger partial charge in [-0.05, 0) is 25.8 Å². The number of fused-ring (bicyclic) bond motifs is 1. The van der Waals surface area contributed by atoms with Gasteiger partial charge in [-0.3, -0.25) is 9.59 Å². The van der Waals surface area contributed by atoms with Crippen LogP contribution in [-0.2, 0) is 9.59 Å². The van der Waals surface area contributed by atoms with Gasteiger partial charge in [0.15, 0.2) is 0 Å². The Morgan fingerprint density at radius 3 is 2.91 bits per heavy atom. The number of carbonyl (C=O) groups excluding carboxylic acids is 2. The Morgan fingerprint density at radius 1 is 1.43 bits per heavy atom. The van der Waals surface area contributed by atoms with Crippen LogP contribution in [0.4, 0.5) is 0 Å². The Hall–Kier alpha value is -2.04. The van der Waals surface area contributed by atoms with Crippen molar-refractivity contribution in [2.45, 2.75) is 51.1 Å². The van der Waals surface area contributed by atoms with E-state index in [1.165, 1.54) is 0 Å². The van der Waals surface area contributed by atoms with Crippen LogP contribution in [0.3, 0.4) is 0 Å². The summed E-state index contributed by atoms with van der Waals surface area (Å²) in [5, 5.41) is 3.10. The zero-order chi connectivity index (χ0) is 16.4. The van der Waals surface area contributed by atoms with E-state index in [9.17, 15) is 9.59 Å². The minimum Gasteiger partial charge on any atom is -0.493 e. The Kier molecular flexibility index (Phi) is 4.55. The second-order valence-electron chi connectivity index (χ2n) is 6.37. The van der Waals surface area contributed by atoms with Crippen molar-refractivity contribution in [2.24, 2.45) is 0 Å². The summed E-state index contributed by atoms with van der Waals surface area (Å²) < 4.78 is 5.70. The predicted octanol–water partition coefficient (Wildman–Crippen LogP) is 2.07. The smallest absolute Gasteiger partial charge is 0.243 e. The topological polar surface area (TPSA) is 58.6 Å². The molecule has 1 saturated heterocycles. The van der Waals surface area contributed by atoms with Crippen molar-refractivity contribution in [2.75, 3.05) is 13.2 Å². The summed E-state index contributed by atoms with van der Waals surface area (Å²) in [7, 11) is 0. The first-order chi connectivity index (χ1) is 11.1. The second-order valence-corrected chi connectivity index (χ2v) is 6.37. The molecule has 5 heteroatoms. The van der Waals surface area contributed by atoms with Crippen molar-refractivity contribution in [3.8, 4) is 5.75 Å². The lowest BCUT2D eigenvalue weighted by molar-refractivity contribution is -0.137. The molecule has 0 aliphatic carbocycles. The first kappa shape index (κ1) is 15.8. The summed E-state index contributed by atoms with van der Waals surface area (Å²) in [6.45, 7) is 5.23. The monoisotopic (exact) mass is 316 g/mol. The van der Waals surface area contributed by atoms with E-state index in [0.717, 1.165) is 17.7 Å². The first-order valence-electron chi connectivity index (χ1n) is 8.43. The minimum absolute atomic E-state index is 0.0297. The molecule has 1 aromatic rings. The lowest BCUT2D eigenvalue weighted by atomic mass is 9.94. The highest BCUT2D eigenvalue weighted by Gasteiger charge is 2.34. The number of hydrogen-bond donors (Lipinski definition) is 1. The van der Waals surface area contributed by atoms with Crippen LogP contribution in [-0.4, -0.2) is 41.9 Å². The first-order valence-corrected chi connectivity index (χ1v) is 8.43. The average molecular weight is 316 g/mol. The van der Waals surface area contributed by atoms with Gasteiger partial charge in [-0.25, -0.2) is 0 Å². The molecule has 1 aromatic carbocycles. The molecule has 3 rings (SSSR count). The van der Waals surface area contributed by atoms with E-state index < -0.39 is 0 Å². The Morgan fingerprint density at radius 2 is 2.22 bits per heavy atom. The molecule has 1 N–H and O–H groups in total. The minimum atomic E-state index is -0.356. The third kappa shape index (κ3) is 3.05. The SMILES string of the molecule is CC[C@H](C(=O)N[C@@H](C)[C@H]1COc2ccccc21)N1CCCC1=O. The highest BCUT2D eigenvalue weighted by Crippen LogP contribution is 2.35. The van der Waals surface area contributed by atoms with Crippen LogP contribution >= 0.6 is 0 Å². The number of para-hydroxylation sites is 1. The zero-order valence-electron chi connectivity index (χ0n) is 13.7. The van der Waals surface area contributed by atoms with E-state index in [4.69, 9.17) is 4.74 Å². The molecule has 5 nitrogen and oxygen atoms in total. The maximum Gasteiger partial charge on any atom is 0.243 e. The van der Waals surface area contributed by atoms with Crippen LogP contribution in [0.2, 0.25) is 0 Å². The molecular weight excluding hydrogens is 292 g/mol. The number of rotatable bonds is 5. The van der Waals surface area contributed by atoms with Crippen molar-refractivity contribution >= 4 is 11.8 Å². The molecule has 0 saturated carbocycles. The predicted molar refractivity (Wildman–Crippen MR) is 87.3 cm³/mol. The molecule has 0 unspecified atom stereocenters. The van der Waals surface area contributed by atoms with Crippen LogP contribution in [0.15, 0.2) is 24.3 Å². The van der Waals surface area contributed by atoms with Gasteiger partial charge in [-0.1, -0.05) is 25.1 Å². The van der Waals surface area contributed by atoms with Crippen molar-refractivity contribution in [3.63, 3.8) is 0 Å². The summed E-state index contributed by atoms with van der Waals surface area (Å²) in [6, 6.07) is 7.57. The summed E-state index contributed by atoms with van der Waals surface area (Å²) in [6.07, 6.45) is 2.05. The van der Waals surface area contributed by atoms with Crippen LogP contribution in [0.25, 0.3) is 0 Å². The Bertz CT molecular complexity index is 602. The lowest BCUT2D eigenvalue weighted by Gasteiger charge is -2.28. The van der Waals surface area contributed by atoms with E-state index in [1.807, 2.05) is 32.0 Å². The Balaban J connectivity index is 1.66. The molecular formula is C18H24N2O3. The van der Waals surface area contributed by atoms with Crippen molar-refractivity contribution in [1.29, 1.82) is 0 Å². The largest absolute Gasteiger partial charge is 0.493 e. The molecule has 0 spiro atoms. The number of amides is 2. The molecule has 0 aromatic heterocycles. The van der Waals surface area contributed by atoms with E-state index in [1.54, 1.807) is 4.90 Å². The van der Waals surface area contributed by atoms with Crippen LogP contribution in [0, 0.1) is 0 Å². The number of nitrogens with zero attached hydrogens (tertiary/aromatic N) is 1. The number of nitrogens with one attached hydrogen (secondary N) is 1. The third-order valence-corrected chi connectivity index (χ3v) is 4.89. The van der Waals surface area contributed by atoms with Gasteiger partial charge in [0, 0.05) is 30.5 Å². The van der Waals surface area contributed by atoms with Gasteiger partial charge in [-0.2, -0.15) is 0 Å². The summed E-state index contributed by atoms with van der Waals surface area (Å²) in [5.74, 6) is 1.09. The summed E-state index contributed by atoms with van der Waals surface area (Å²) in [4.78, 5) is 26.3. The molecule has 124 valence electrons. The molecule has 23 heavy (non-hydrogen) atoms. The van der Waals surface area contributed by atoms with Gasteiger partial charge in [0.25, 0.3) is 0 Å². The standard InChI is InChI=1S/C18H24N2O3/c1-3-15(20-10-6-9-17(20)21)18(22)19-12(2)14-11-23-16-8-5-4-7-13(14)16/h4-5,7-8,12,14-15H,3,6,9-11H2,1-2H3,(H,19,22)/t12-,14+,15+/m0/s1. The van der Waals surface area contributed by atoms with Crippen LogP contribution < -0.4 is 10.1 Å². The maximum atomic E-state index is 12.6. The molecule has 0 bridgehead atoms. The number of likely N-dealkylation sites (tertiary alicyclic amines) is 1. The number of carbonyl (C=O) groups is 2. The fourth-order valence-corrected chi connectivity index (χ4v) is 3.57. The van der Waals surface area contributed by atoms with Crippen molar-refractivity contribution in [1.82, 2.24) is 10.2 Å². The lowest BCUT2D eigenvalue weighted by Crippen LogP contribution is -2.50. The van der Waals surface area contributed by atoms with Gasteiger partial charge < -0.3 is 15.0 Å².